The Balaban J connectivity index is 1.61. The van der Waals surface area contributed by atoms with Crippen molar-refractivity contribution in [2.24, 2.45) is 0 Å². The van der Waals surface area contributed by atoms with Crippen molar-refractivity contribution in [3.63, 3.8) is 0 Å². The molecule has 0 heterocycles. The lowest BCUT2D eigenvalue weighted by atomic mass is 9.87. The summed E-state index contributed by atoms with van der Waals surface area (Å²) in [5, 5.41) is 10.6. The average Bonchev–Trinajstić information content (AvgIpc) is 2.74. The van der Waals surface area contributed by atoms with Crippen LogP contribution in [0.5, 0.6) is 0 Å². The minimum absolute atomic E-state index is 0.0910. The van der Waals surface area contributed by atoms with E-state index in [-0.39, 0.29) is 11.0 Å². The van der Waals surface area contributed by atoms with Crippen LogP contribution in [0.3, 0.4) is 0 Å². The molecule has 3 aromatic rings. The summed E-state index contributed by atoms with van der Waals surface area (Å²) in [6.07, 6.45) is 1.77. The largest absolute Gasteiger partial charge is 0.381 e. The molecule has 0 bridgehead atoms. The normalized spacial score (nSPS) is 13.9. The van der Waals surface area contributed by atoms with Gasteiger partial charge >= 0.3 is 0 Å². The van der Waals surface area contributed by atoms with Crippen LogP contribution in [0.2, 0.25) is 0 Å². The lowest BCUT2D eigenvalue weighted by Gasteiger charge is -2.24. The third kappa shape index (κ3) is 5.38. The fourth-order valence-electron chi connectivity index (χ4n) is 3.42. The smallest absolute Gasteiger partial charge is 0.156 e. The van der Waals surface area contributed by atoms with E-state index in [1.54, 1.807) is 13.8 Å². The molecule has 0 saturated heterocycles. The molecule has 0 saturated carbocycles. The summed E-state index contributed by atoms with van der Waals surface area (Å²) in [5.74, 6) is 0.0910. The van der Waals surface area contributed by atoms with Crippen LogP contribution in [-0.4, -0.2) is 18.8 Å². The first-order chi connectivity index (χ1) is 14.2. The topological polar surface area (TPSA) is 54.4 Å². The number of aryl methyl sites for hydroxylation is 2. The van der Waals surface area contributed by atoms with Crippen LogP contribution in [0.4, 0.5) is 0 Å². The van der Waals surface area contributed by atoms with Crippen molar-refractivity contribution >= 4 is 9.84 Å². The Kier molecular flexibility index (Phi) is 6.79. The highest BCUT2D eigenvalue weighted by molar-refractivity contribution is 7.91. The molecule has 4 heteroatoms. The quantitative estimate of drug-likeness (QED) is 0.553. The third-order valence-electron chi connectivity index (χ3n) is 5.66. The molecule has 3 nitrogen and oxygen atoms in total. The Morgan fingerprint density at radius 1 is 0.733 bits per heavy atom. The predicted octanol–water partition coefficient (Wildman–Crippen LogP) is 5.05. The third-order valence-corrected chi connectivity index (χ3v) is 7.84. The Bertz CT molecular complexity index is 1050. The Morgan fingerprint density at radius 3 is 1.67 bits per heavy atom. The Hall–Kier alpha value is -2.43. The van der Waals surface area contributed by atoms with E-state index in [9.17, 15) is 13.5 Å². The van der Waals surface area contributed by atoms with Crippen LogP contribution >= 0.6 is 0 Å². The molecule has 1 unspecified atom stereocenters. The number of benzene rings is 3. The predicted molar refractivity (Wildman–Crippen MR) is 123 cm³/mol. The standard InChI is InChI=1S/C26H30O3S/c1-20(2)30(28,29)19-23-13-11-21(12-14-23)9-10-22-15-17-25(18-16-22)26(3,27)24-7-5-4-6-8-24/h4-8,11-18,20,27H,9-10,19H2,1-3H3. The summed E-state index contributed by atoms with van der Waals surface area (Å²) in [4.78, 5) is 0. The Morgan fingerprint density at radius 2 is 1.17 bits per heavy atom. The summed E-state index contributed by atoms with van der Waals surface area (Å²) in [7, 11) is -3.08. The molecule has 158 valence electrons. The number of rotatable bonds is 8. The second-order valence-electron chi connectivity index (χ2n) is 8.31. The van der Waals surface area contributed by atoms with Crippen molar-refractivity contribution in [1.82, 2.24) is 0 Å². The zero-order valence-corrected chi connectivity index (χ0v) is 18.7. The molecule has 1 N–H and O–H groups in total. The second kappa shape index (κ2) is 9.15. The van der Waals surface area contributed by atoms with Crippen LogP contribution in [0.25, 0.3) is 0 Å². The Labute approximate surface area is 180 Å². The lowest BCUT2D eigenvalue weighted by Crippen LogP contribution is -2.22. The maximum Gasteiger partial charge on any atom is 0.156 e. The SMILES string of the molecule is CC(C)S(=O)(=O)Cc1ccc(CCc2ccc(C(C)(O)c3ccccc3)cc2)cc1. The van der Waals surface area contributed by atoms with Gasteiger partial charge in [0, 0.05) is 0 Å². The maximum atomic E-state index is 12.1. The summed E-state index contributed by atoms with van der Waals surface area (Å²) < 4.78 is 24.1. The van der Waals surface area contributed by atoms with Gasteiger partial charge in [0.25, 0.3) is 0 Å². The van der Waals surface area contributed by atoms with Gasteiger partial charge in [-0.05, 0) is 61.4 Å². The van der Waals surface area contributed by atoms with Crippen molar-refractivity contribution in [2.45, 2.75) is 50.2 Å². The first-order valence-electron chi connectivity index (χ1n) is 10.4. The van der Waals surface area contributed by atoms with E-state index in [1.165, 1.54) is 11.1 Å². The van der Waals surface area contributed by atoms with E-state index < -0.39 is 15.4 Å². The highest BCUT2D eigenvalue weighted by atomic mass is 32.2. The van der Waals surface area contributed by atoms with Gasteiger partial charge in [-0.3, -0.25) is 0 Å². The lowest BCUT2D eigenvalue weighted by molar-refractivity contribution is 0.102. The number of hydrogen-bond acceptors (Lipinski definition) is 3. The first-order valence-corrected chi connectivity index (χ1v) is 12.1. The maximum absolute atomic E-state index is 12.1. The van der Waals surface area contributed by atoms with Crippen molar-refractivity contribution in [2.75, 3.05) is 0 Å². The zero-order chi connectivity index (χ0) is 21.8. The fraction of sp³-hybridized carbons (Fsp3) is 0.308. The van der Waals surface area contributed by atoms with Crippen LogP contribution < -0.4 is 0 Å². The molecule has 0 aliphatic carbocycles. The first kappa shape index (κ1) is 22.3. The van der Waals surface area contributed by atoms with Gasteiger partial charge in [-0.2, -0.15) is 0 Å². The molecular weight excluding hydrogens is 392 g/mol. The van der Waals surface area contributed by atoms with Gasteiger partial charge in [-0.15, -0.1) is 0 Å². The summed E-state index contributed by atoms with van der Waals surface area (Å²) in [6, 6.07) is 25.6. The van der Waals surface area contributed by atoms with E-state index >= 15 is 0 Å². The van der Waals surface area contributed by atoms with Crippen LogP contribution in [0.15, 0.2) is 78.9 Å². The summed E-state index contributed by atoms with van der Waals surface area (Å²) in [5.41, 5.74) is 3.94. The second-order valence-corrected chi connectivity index (χ2v) is 10.9. The average molecular weight is 423 g/mol. The molecule has 0 aromatic heterocycles. The van der Waals surface area contributed by atoms with Gasteiger partial charge in [0.15, 0.2) is 9.84 Å². The summed E-state index contributed by atoms with van der Waals surface area (Å²) in [6.45, 7) is 5.25. The molecule has 0 fully saturated rings. The van der Waals surface area contributed by atoms with Gasteiger partial charge in [-0.1, -0.05) is 78.9 Å². The number of aliphatic hydroxyl groups is 1. The molecule has 0 spiro atoms. The molecule has 30 heavy (non-hydrogen) atoms. The molecule has 0 aliphatic heterocycles. The van der Waals surface area contributed by atoms with E-state index in [4.69, 9.17) is 0 Å². The molecule has 3 rings (SSSR count). The van der Waals surface area contributed by atoms with Gasteiger partial charge in [0.05, 0.1) is 11.0 Å². The van der Waals surface area contributed by atoms with Gasteiger partial charge in [0.2, 0.25) is 0 Å². The van der Waals surface area contributed by atoms with Crippen LogP contribution in [0, 0.1) is 0 Å². The van der Waals surface area contributed by atoms with Crippen molar-refractivity contribution in [3.05, 3.63) is 107 Å². The van der Waals surface area contributed by atoms with E-state index in [0.29, 0.717) is 0 Å². The highest BCUT2D eigenvalue weighted by Gasteiger charge is 2.25. The van der Waals surface area contributed by atoms with Crippen molar-refractivity contribution in [1.29, 1.82) is 0 Å². The molecule has 0 aliphatic rings. The highest BCUT2D eigenvalue weighted by Crippen LogP contribution is 2.29. The van der Waals surface area contributed by atoms with E-state index in [0.717, 1.165) is 29.5 Å². The number of sulfone groups is 1. The van der Waals surface area contributed by atoms with Crippen molar-refractivity contribution in [3.8, 4) is 0 Å². The minimum Gasteiger partial charge on any atom is -0.381 e. The van der Waals surface area contributed by atoms with Crippen LogP contribution in [-0.2, 0) is 34.0 Å². The van der Waals surface area contributed by atoms with Gasteiger partial charge < -0.3 is 5.11 Å². The van der Waals surface area contributed by atoms with Crippen molar-refractivity contribution < 1.29 is 13.5 Å². The van der Waals surface area contributed by atoms with Crippen LogP contribution in [0.1, 0.15) is 48.6 Å². The minimum atomic E-state index is -3.08. The zero-order valence-electron chi connectivity index (χ0n) is 17.9. The summed E-state index contributed by atoms with van der Waals surface area (Å²) >= 11 is 0. The van der Waals surface area contributed by atoms with Gasteiger partial charge in [0.1, 0.15) is 5.60 Å². The van der Waals surface area contributed by atoms with E-state index in [1.807, 2.05) is 73.7 Å². The molecular formula is C26H30O3S. The molecule has 0 radical (unpaired) electrons. The number of hydrogen-bond donors (Lipinski definition) is 1. The molecule has 0 amide bonds. The fourth-order valence-corrected chi connectivity index (χ4v) is 4.41. The molecule has 3 aromatic carbocycles. The monoisotopic (exact) mass is 422 g/mol. The van der Waals surface area contributed by atoms with E-state index in [2.05, 4.69) is 12.1 Å². The molecule has 1 atom stereocenters. The van der Waals surface area contributed by atoms with Gasteiger partial charge in [-0.25, -0.2) is 8.42 Å².